The van der Waals surface area contributed by atoms with Crippen molar-refractivity contribution in [3.05, 3.63) is 83.7 Å². The van der Waals surface area contributed by atoms with Crippen molar-refractivity contribution in [2.75, 3.05) is 7.11 Å². The van der Waals surface area contributed by atoms with Crippen LogP contribution in [0.25, 0.3) is 54.7 Å². The van der Waals surface area contributed by atoms with Crippen molar-refractivity contribution in [3.63, 3.8) is 0 Å². The van der Waals surface area contributed by atoms with Gasteiger partial charge in [-0.15, -0.1) is 0 Å². The number of rotatable bonds is 5. The van der Waals surface area contributed by atoms with Gasteiger partial charge in [0.2, 0.25) is 5.52 Å². The maximum Gasteiger partial charge on any atom is 0.302 e. The first-order chi connectivity index (χ1) is 21.4. The summed E-state index contributed by atoms with van der Waals surface area (Å²) in [5, 5.41) is 10.3. The van der Waals surface area contributed by atoms with Gasteiger partial charge in [0.25, 0.3) is 0 Å². The summed E-state index contributed by atoms with van der Waals surface area (Å²) in [6.45, 7) is 18.5. The first-order valence-electron chi connectivity index (χ1n) is 16.6. The molecule has 5 heteroatoms. The molecule has 45 heavy (non-hydrogen) atoms. The van der Waals surface area contributed by atoms with Crippen molar-refractivity contribution in [2.24, 2.45) is 7.05 Å². The van der Waals surface area contributed by atoms with Gasteiger partial charge < -0.3 is 9.30 Å². The molecule has 0 bridgehead atoms. The van der Waals surface area contributed by atoms with E-state index < -0.39 is 11.3 Å². The number of fused-ring (bicyclic) bond motifs is 14. The molecule has 2 aliphatic rings. The third-order valence-electron chi connectivity index (χ3n) is 11.5. The molecule has 1 saturated carbocycles. The fraction of sp³-hybridized carbons (Fsp3) is 0.400. The monoisotopic (exact) mass is 597 g/mol. The summed E-state index contributed by atoms with van der Waals surface area (Å²) in [5.74, 6) is 1.67. The van der Waals surface area contributed by atoms with Gasteiger partial charge in [-0.2, -0.15) is 0 Å². The Morgan fingerprint density at radius 2 is 1.47 bits per heavy atom. The summed E-state index contributed by atoms with van der Waals surface area (Å²) in [5.41, 5.74) is 7.38. The van der Waals surface area contributed by atoms with Crippen LogP contribution in [0.2, 0.25) is 0 Å². The molecule has 1 aliphatic heterocycles. The second kappa shape index (κ2) is 9.14. The van der Waals surface area contributed by atoms with Crippen LogP contribution < -0.4 is 9.88 Å². The van der Waals surface area contributed by atoms with Gasteiger partial charge in [-0.25, -0.2) is 4.57 Å². The highest BCUT2D eigenvalue weighted by Crippen LogP contribution is 2.72. The molecular weight excluding hydrogens is 552 g/mol. The summed E-state index contributed by atoms with van der Waals surface area (Å²) < 4.78 is 11.8. The van der Waals surface area contributed by atoms with Crippen molar-refractivity contribution in [1.29, 1.82) is 0 Å². The molecule has 0 amide bonds. The van der Waals surface area contributed by atoms with Crippen LogP contribution in [-0.2, 0) is 22.7 Å². The Hall–Kier alpha value is -3.80. The van der Waals surface area contributed by atoms with Crippen molar-refractivity contribution in [1.82, 2.24) is 14.9 Å². The van der Waals surface area contributed by atoms with E-state index in [1.807, 2.05) is 7.11 Å². The largest absolute Gasteiger partial charge is 0.358 e. The van der Waals surface area contributed by atoms with Gasteiger partial charge in [0.05, 0.1) is 22.2 Å². The summed E-state index contributed by atoms with van der Waals surface area (Å²) in [7, 11) is 4.12. The molecule has 6 aromatic rings. The van der Waals surface area contributed by atoms with Crippen LogP contribution in [0.15, 0.2) is 66.7 Å². The second-order valence-electron chi connectivity index (χ2n) is 14.7. The Bertz CT molecular complexity index is 2230. The van der Waals surface area contributed by atoms with Crippen molar-refractivity contribution in [3.8, 4) is 11.3 Å². The van der Waals surface area contributed by atoms with Gasteiger partial charge in [-0.1, -0.05) is 88.4 Å². The van der Waals surface area contributed by atoms with Crippen LogP contribution >= 0.6 is 0 Å². The first kappa shape index (κ1) is 28.7. The Labute approximate surface area is 266 Å². The van der Waals surface area contributed by atoms with E-state index in [1.54, 1.807) is 0 Å². The van der Waals surface area contributed by atoms with E-state index in [4.69, 9.17) is 9.72 Å². The number of nitrogens with zero attached hydrogens (tertiary/aromatic N) is 3. The van der Waals surface area contributed by atoms with Crippen LogP contribution in [0.4, 0.5) is 0 Å². The van der Waals surface area contributed by atoms with E-state index in [0.29, 0.717) is 5.92 Å². The number of aromatic nitrogens is 3. The van der Waals surface area contributed by atoms with Crippen LogP contribution in [0, 0.1) is 0 Å². The Morgan fingerprint density at radius 1 is 0.800 bits per heavy atom. The highest BCUT2D eigenvalue weighted by Gasteiger charge is 2.91. The lowest BCUT2D eigenvalue weighted by atomic mass is 9.78. The summed E-state index contributed by atoms with van der Waals surface area (Å²) in [6, 6.07) is 25.0. The SMILES string of the molecule is COC1(NC(C)C)C2(C)c3cc(C(C)C)c4ccccc4c3-c3c4c(nc(C(C)C)[n+]3C12C)c1ccc2ccccc2c1n4C. The predicted molar refractivity (Wildman–Crippen MR) is 186 cm³/mol. The highest BCUT2D eigenvalue weighted by molar-refractivity contribution is 6.19. The topological polar surface area (TPSA) is 43.0 Å². The molecule has 0 radical (unpaired) electrons. The number of nitrogens with one attached hydrogen (secondary N) is 1. The van der Waals surface area contributed by atoms with E-state index in [2.05, 4.69) is 144 Å². The van der Waals surface area contributed by atoms with Crippen molar-refractivity contribution >= 4 is 43.5 Å². The van der Waals surface area contributed by atoms with E-state index in [0.717, 1.165) is 11.3 Å². The van der Waals surface area contributed by atoms with Gasteiger partial charge in [0.15, 0.2) is 17.0 Å². The van der Waals surface area contributed by atoms with Crippen LogP contribution in [-0.4, -0.2) is 28.4 Å². The fourth-order valence-electron chi connectivity index (χ4n) is 9.41. The molecule has 1 aliphatic carbocycles. The molecule has 2 aromatic heterocycles. The molecule has 0 saturated heterocycles. The molecule has 3 atom stereocenters. The predicted octanol–water partition coefficient (Wildman–Crippen LogP) is 8.58. The molecule has 230 valence electrons. The Morgan fingerprint density at radius 3 is 2.11 bits per heavy atom. The molecule has 8 rings (SSSR count). The zero-order chi connectivity index (χ0) is 31.8. The van der Waals surface area contributed by atoms with Gasteiger partial charge in [-0.05, 0) is 71.9 Å². The summed E-state index contributed by atoms with van der Waals surface area (Å²) >= 11 is 0. The quantitative estimate of drug-likeness (QED) is 0.160. The number of aryl methyl sites for hydroxylation is 1. The average molecular weight is 598 g/mol. The molecule has 3 unspecified atom stereocenters. The fourth-order valence-corrected chi connectivity index (χ4v) is 9.41. The van der Waals surface area contributed by atoms with Crippen LogP contribution in [0.1, 0.15) is 84.2 Å². The van der Waals surface area contributed by atoms with Crippen LogP contribution in [0.3, 0.4) is 0 Å². The summed E-state index contributed by atoms with van der Waals surface area (Å²) in [6.07, 6.45) is 0. The molecular formula is C40H45N4O+. The zero-order valence-electron chi connectivity index (χ0n) is 28.3. The normalized spacial score (nSPS) is 23.9. The number of hydrogen-bond donors (Lipinski definition) is 1. The lowest BCUT2D eigenvalue weighted by Crippen LogP contribution is -2.60. The first-order valence-corrected chi connectivity index (χ1v) is 16.6. The van der Waals surface area contributed by atoms with Crippen molar-refractivity contribution in [2.45, 2.75) is 89.9 Å². The summed E-state index contributed by atoms with van der Waals surface area (Å²) in [4.78, 5) is 5.63. The van der Waals surface area contributed by atoms with E-state index >= 15 is 0 Å². The standard InChI is InChI=1S/C40H45N4O/c1-22(2)30-21-31-32(28-18-14-13-17-27(28)30)35-36-33(29-20-19-25-15-11-12-16-26(25)34(29)43(36)9)41-37(23(3)4)44(35)39(8)38(31,7)40(39,45-10)42-24(5)6/h11-24,42H,1-10H3/q+1. The minimum atomic E-state index is -0.633. The number of hydrogen-bond acceptors (Lipinski definition) is 3. The maximum atomic E-state index is 6.77. The number of methoxy groups -OCH3 is 1. The molecule has 3 heterocycles. The lowest BCUT2D eigenvalue weighted by Gasteiger charge is -2.31. The smallest absolute Gasteiger partial charge is 0.302 e. The van der Waals surface area contributed by atoms with Gasteiger partial charge >= 0.3 is 5.82 Å². The Kier molecular flexibility index (Phi) is 5.82. The van der Waals surface area contributed by atoms with E-state index in [-0.39, 0.29) is 17.4 Å². The number of ether oxygens (including phenoxy) is 1. The van der Waals surface area contributed by atoms with Gasteiger partial charge in [0, 0.05) is 31.1 Å². The minimum absolute atomic E-state index is 0.196. The maximum absolute atomic E-state index is 6.77. The number of benzene rings is 4. The highest BCUT2D eigenvalue weighted by atomic mass is 16.5. The van der Waals surface area contributed by atoms with Crippen LogP contribution in [0.5, 0.6) is 0 Å². The Balaban J connectivity index is 1.68. The zero-order valence-corrected chi connectivity index (χ0v) is 28.3. The second-order valence-corrected chi connectivity index (χ2v) is 14.7. The van der Waals surface area contributed by atoms with Crippen molar-refractivity contribution < 1.29 is 9.30 Å². The molecule has 4 aromatic carbocycles. The van der Waals surface area contributed by atoms with Gasteiger partial charge in [0.1, 0.15) is 5.52 Å². The molecule has 1 N–H and O–H groups in total. The average Bonchev–Trinajstić information content (AvgIpc) is 3.28. The van der Waals surface area contributed by atoms with E-state index in [9.17, 15) is 0 Å². The molecule has 1 fully saturated rings. The molecule has 0 spiro atoms. The third kappa shape index (κ3) is 3.16. The van der Waals surface area contributed by atoms with E-state index in [1.165, 1.54) is 60.3 Å². The molecule has 5 nitrogen and oxygen atoms in total. The lowest BCUT2D eigenvalue weighted by molar-refractivity contribution is -0.747. The van der Waals surface area contributed by atoms with Gasteiger partial charge in [-0.3, -0.25) is 5.32 Å². The third-order valence-corrected chi connectivity index (χ3v) is 11.5. The minimum Gasteiger partial charge on any atom is -0.358 e.